The number of hydrogen-bond acceptors (Lipinski definition) is 2. The molecule has 0 amide bonds. The van der Waals surface area contributed by atoms with Crippen molar-refractivity contribution in [1.29, 1.82) is 0 Å². The van der Waals surface area contributed by atoms with Crippen LogP contribution in [0.3, 0.4) is 0 Å². The Labute approximate surface area is 67.9 Å². The van der Waals surface area contributed by atoms with E-state index in [1.165, 1.54) is 13.0 Å². The summed E-state index contributed by atoms with van der Waals surface area (Å²) in [4.78, 5) is 10.8. The molecule has 0 aliphatic carbocycles. The quantitative estimate of drug-likeness (QED) is 0.627. The van der Waals surface area contributed by atoms with Gasteiger partial charge in [-0.3, -0.25) is 4.79 Å². The van der Waals surface area contributed by atoms with Crippen molar-refractivity contribution in [2.24, 2.45) is 5.92 Å². The van der Waals surface area contributed by atoms with Gasteiger partial charge in [-0.15, -0.1) is 0 Å². The zero-order valence-electron chi connectivity index (χ0n) is 7.37. The number of carbonyl (C=O) groups excluding carboxylic acids is 1. The van der Waals surface area contributed by atoms with Gasteiger partial charge in [0.1, 0.15) is 6.10 Å². The van der Waals surface area contributed by atoms with Gasteiger partial charge in [0, 0.05) is 0 Å². The molecule has 1 N–H and O–H groups in total. The first-order valence-electron chi connectivity index (χ1n) is 3.92. The molecule has 0 radical (unpaired) electrons. The Balaban J connectivity index is 3.66. The Kier molecular flexibility index (Phi) is 4.79. The van der Waals surface area contributed by atoms with E-state index in [1.54, 1.807) is 6.08 Å². The molecule has 0 spiro atoms. The highest BCUT2D eigenvalue weighted by atomic mass is 16.3. The van der Waals surface area contributed by atoms with Crippen LogP contribution in [0.5, 0.6) is 0 Å². The second kappa shape index (κ2) is 5.08. The van der Waals surface area contributed by atoms with Gasteiger partial charge in [-0.25, -0.2) is 0 Å². The standard InChI is InChI=1S/C9H16O2/c1-7(2)5-4-6-9(11)8(3)10/h4,6-8,10H,5H2,1-3H3/b6-4-/t8-/m0/s1. The van der Waals surface area contributed by atoms with Crippen molar-refractivity contribution in [2.45, 2.75) is 33.3 Å². The second-order valence-corrected chi connectivity index (χ2v) is 3.11. The molecule has 64 valence electrons. The van der Waals surface area contributed by atoms with Crippen LogP contribution in [0.2, 0.25) is 0 Å². The fraction of sp³-hybridized carbons (Fsp3) is 0.667. The summed E-state index contributed by atoms with van der Waals surface area (Å²) in [5.74, 6) is 0.346. The molecule has 0 rings (SSSR count). The van der Waals surface area contributed by atoms with Crippen molar-refractivity contribution in [3.63, 3.8) is 0 Å². The van der Waals surface area contributed by atoms with Crippen LogP contribution in [-0.2, 0) is 4.79 Å². The van der Waals surface area contributed by atoms with E-state index in [-0.39, 0.29) is 5.78 Å². The molecule has 0 saturated heterocycles. The highest BCUT2D eigenvalue weighted by Gasteiger charge is 2.02. The number of aliphatic hydroxyl groups is 1. The van der Waals surface area contributed by atoms with Crippen LogP contribution >= 0.6 is 0 Å². The topological polar surface area (TPSA) is 37.3 Å². The molecule has 0 aromatic heterocycles. The minimum Gasteiger partial charge on any atom is -0.385 e. The summed E-state index contributed by atoms with van der Waals surface area (Å²) >= 11 is 0. The van der Waals surface area contributed by atoms with Crippen LogP contribution in [0, 0.1) is 5.92 Å². The normalized spacial score (nSPS) is 14.3. The summed E-state index contributed by atoms with van der Waals surface area (Å²) < 4.78 is 0. The Hall–Kier alpha value is -0.630. The number of carbonyl (C=O) groups is 1. The summed E-state index contributed by atoms with van der Waals surface area (Å²) in [7, 11) is 0. The zero-order valence-corrected chi connectivity index (χ0v) is 7.37. The van der Waals surface area contributed by atoms with Crippen molar-refractivity contribution < 1.29 is 9.90 Å². The summed E-state index contributed by atoms with van der Waals surface area (Å²) in [5.41, 5.74) is 0. The lowest BCUT2D eigenvalue weighted by atomic mass is 10.1. The average molecular weight is 156 g/mol. The number of aliphatic hydroxyl groups excluding tert-OH is 1. The smallest absolute Gasteiger partial charge is 0.183 e. The third kappa shape index (κ3) is 5.80. The predicted octanol–water partition coefficient (Wildman–Crippen LogP) is 1.54. The van der Waals surface area contributed by atoms with E-state index in [1.807, 2.05) is 0 Å². The van der Waals surface area contributed by atoms with Crippen LogP contribution in [0.1, 0.15) is 27.2 Å². The summed E-state index contributed by atoms with van der Waals surface area (Å²) in [6.45, 7) is 5.64. The van der Waals surface area contributed by atoms with Crippen LogP contribution in [0.4, 0.5) is 0 Å². The van der Waals surface area contributed by atoms with Gasteiger partial charge in [-0.05, 0) is 25.3 Å². The van der Waals surface area contributed by atoms with E-state index in [0.717, 1.165) is 6.42 Å². The Morgan fingerprint density at radius 3 is 2.36 bits per heavy atom. The van der Waals surface area contributed by atoms with E-state index < -0.39 is 6.10 Å². The molecule has 11 heavy (non-hydrogen) atoms. The molecule has 2 heteroatoms. The maximum Gasteiger partial charge on any atom is 0.183 e. The summed E-state index contributed by atoms with van der Waals surface area (Å²) in [5, 5.41) is 8.79. The van der Waals surface area contributed by atoms with Gasteiger partial charge in [0.05, 0.1) is 0 Å². The molecule has 0 heterocycles. The molecule has 0 aromatic carbocycles. The van der Waals surface area contributed by atoms with E-state index >= 15 is 0 Å². The SMILES string of the molecule is CC(C)C/C=C\C(=O)[C@H](C)O. The first kappa shape index (κ1) is 10.4. The predicted molar refractivity (Wildman–Crippen MR) is 45.3 cm³/mol. The van der Waals surface area contributed by atoms with Gasteiger partial charge in [-0.1, -0.05) is 19.9 Å². The van der Waals surface area contributed by atoms with E-state index in [0.29, 0.717) is 5.92 Å². The number of hydrogen-bond donors (Lipinski definition) is 1. The third-order valence-electron chi connectivity index (χ3n) is 1.30. The van der Waals surface area contributed by atoms with Gasteiger partial charge in [-0.2, -0.15) is 0 Å². The van der Waals surface area contributed by atoms with Crippen molar-refractivity contribution >= 4 is 5.78 Å². The molecule has 0 aliphatic rings. The fourth-order valence-corrected chi connectivity index (χ4v) is 0.596. The molecule has 0 aromatic rings. The third-order valence-corrected chi connectivity index (χ3v) is 1.30. The first-order valence-corrected chi connectivity index (χ1v) is 3.92. The Morgan fingerprint density at radius 2 is 2.00 bits per heavy atom. The van der Waals surface area contributed by atoms with Gasteiger partial charge >= 0.3 is 0 Å². The largest absolute Gasteiger partial charge is 0.385 e. The number of allylic oxidation sites excluding steroid dienone is 1. The van der Waals surface area contributed by atoms with E-state index in [2.05, 4.69) is 13.8 Å². The zero-order chi connectivity index (χ0) is 8.85. The molecule has 0 fully saturated rings. The molecule has 2 nitrogen and oxygen atoms in total. The van der Waals surface area contributed by atoms with Crippen LogP contribution < -0.4 is 0 Å². The number of ketones is 1. The monoisotopic (exact) mass is 156 g/mol. The van der Waals surface area contributed by atoms with Crippen molar-refractivity contribution in [2.75, 3.05) is 0 Å². The lowest BCUT2D eigenvalue weighted by Crippen LogP contribution is -2.12. The van der Waals surface area contributed by atoms with Gasteiger partial charge in [0.15, 0.2) is 5.78 Å². The average Bonchev–Trinajstić information content (AvgIpc) is 1.86. The van der Waals surface area contributed by atoms with Crippen LogP contribution in [-0.4, -0.2) is 17.0 Å². The first-order chi connectivity index (χ1) is 5.04. The molecule has 0 saturated carbocycles. The van der Waals surface area contributed by atoms with Gasteiger partial charge < -0.3 is 5.11 Å². The lowest BCUT2D eigenvalue weighted by Gasteiger charge is -1.98. The summed E-state index contributed by atoms with van der Waals surface area (Å²) in [6, 6.07) is 0. The molecule has 1 atom stereocenters. The minimum atomic E-state index is -0.863. The van der Waals surface area contributed by atoms with Gasteiger partial charge in [0.25, 0.3) is 0 Å². The number of rotatable bonds is 4. The van der Waals surface area contributed by atoms with Crippen molar-refractivity contribution in [3.8, 4) is 0 Å². The highest BCUT2D eigenvalue weighted by molar-refractivity contribution is 5.92. The second-order valence-electron chi connectivity index (χ2n) is 3.11. The molecule has 0 unspecified atom stereocenters. The molecular formula is C9H16O2. The molecule has 0 aliphatic heterocycles. The maximum absolute atomic E-state index is 10.8. The maximum atomic E-state index is 10.8. The highest BCUT2D eigenvalue weighted by Crippen LogP contribution is 2.00. The Bertz CT molecular complexity index is 146. The fourth-order valence-electron chi connectivity index (χ4n) is 0.596. The van der Waals surface area contributed by atoms with E-state index in [4.69, 9.17) is 5.11 Å². The van der Waals surface area contributed by atoms with Crippen molar-refractivity contribution in [1.82, 2.24) is 0 Å². The van der Waals surface area contributed by atoms with Gasteiger partial charge in [0.2, 0.25) is 0 Å². The lowest BCUT2D eigenvalue weighted by molar-refractivity contribution is -0.121. The molecule has 0 bridgehead atoms. The Morgan fingerprint density at radius 1 is 1.45 bits per heavy atom. The minimum absolute atomic E-state index is 0.217. The van der Waals surface area contributed by atoms with E-state index in [9.17, 15) is 4.79 Å². The van der Waals surface area contributed by atoms with Crippen LogP contribution in [0.25, 0.3) is 0 Å². The summed E-state index contributed by atoms with van der Waals surface area (Å²) in [6.07, 6.45) is 3.28. The van der Waals surface area contributed by atoms with Crippen molar-refractivity contribution in [3.05, 3.63) is 12.2 Å². The molecular weight excluding hydrogens is 140 g/mol. The van der Waals surface area contributed by atoms with Crippen LogP contribution in [0.15, 0.2) is 12.2 Å².